The molecular weight excluding hydrogens is 206 g/mol. The average molecular weight is 229 g/mol. The SMILES string of the molecule is C\C=C/C=c1/[nH]c(/C=C\CC)c(CC)/c1=C/C. The molecule has 92 valence electrons. The van der Waals surface area contributed by atoms with Crippen LogP contribution in [0.15, 0.2) is 18.2 Å². The summed E-state index contributed by atoms with van der Waals surface area (Å²) >= 11 is 0. The number of hydrogen-bond acceptors (Lipinski definition) is 0. The van der Waals surface area contributed by atoms with Crippen LogP contribution in [0.25, 0.3) is 18.2 Å². The maximum absolute atomic E-state index is 3.50. The molecule has 0 spiro atoms. The van der Waals surface area contributed by atoms with E-state index >= 15 is 0 Å². The zero-order valence-electron chi connectivity index (χ0n) is 11.4. The van der Waals surface area contributed by atoms with Gasteiger partial charge < -0.3 is 4.98 Å². The monoisotopic (exact) mass is 229 g/mol. The zero-order valence-corrected chi connectivity index (χ0v) is 11.4. The Hall–Kier alpha value is -1.50. The van der Waals surface area contributed by atoms with E-state index in [1.165, 1.54) is 21.8 Å². The van der Waals surface area contributed by atoms with Crippen LogP contribution in [0.2, 0.25) is 0 Å². The van der Waals surface area contributed by atoms with Gasteiger partial charge in [0, 0.05) is 11.0 Å². The second-order valence-electron chi connectivity index (χ2n) is 3.99. The van der Waals surface area contributed by atoms with Crippen molar-refractivity contribution in [1.29, 1.82) is 0 Å². The Labute approximate surface area is 104 Å². The average Bonchev–Trinajstić information content (AvgIpc) is 2.70. The van der Waals surface area contributed by atoms with Crippen molar-refractivity contribution in [3.8, 4) is 0 Å². The standard InChI is InChI=1S/C16H23N/c1-5-9-11-15-13(7-3)14(8-4)16(17-15)12-10-6-2/h5,7,9-12,17H,6,8H2,1-4H3/b9-5-,12-10-,13-7-,15-11+. The first-order valence-corrected chi connectivity index (χ1v) is 6.45. The number of H-pyrrole nitrogens is 1. The molecule has 1 N–H and O–H groups in total. The van der Waals surface area contributed by atoms with E-state index < -0.39 is 0 Å². The van der Waals surface area contributed by atoms with Crippen LogP contribution in [0.4, 0.5) is 0 Å². The Morgan fingerprint density at radius 3 is 2.47 bits per heavy atom. The van der Waals surface area contributed by atoms with Crippen molar-refractivity contribution in [2.45, 2.75) is 40.5 Å². The van der Waals surface area contributed by atoms with Crippen molar-refractivity contribution in [3.05, 3.63) is 40.1 Å². The predicted octanol–water partition coefficient (Wildman–Crippen LogP) is 3.16. The van der Waals surface area contributed by atoms with Crippen molar-refractivity contribution in [2.24, 2.45) is 0 Å². The summed E-state index contributed by atoms with van der Waals surface area (Å²) in [6, 6.07) is 0. The van der Waals surface area contributed by atoms with Gasteiger partial charge in [-0.1, -0.05) is 38.2 Å². The molecule has 0 fully saturated rings. The highest BCUT2D eigenvalue weighted by Gasteiger charge is 2.02. The molecule has 0 aliphatic heterocycles. The van der Waals surface area contributed by atoms with Crippen molar-refractivity contribution in [2.75, 3.05) is 0 Å². The van der Waals surface area contributed by atoms with Crippen molar-refractivity contribution < 1.29 is 0 Å². The second-order valence-corrected chi connectivity index (χ2v) is 3.99. The highest BCUT2D eigenvalue weighted by Crippen LogP contribution is 2.03. The van der Waals surface area contributed by atoms with Gasteiger partial charge in [-0.05, 0) is 49.6 Å². The molecule has 1 aromatic heterocycles. The normalized spacial score (nSPS) is 14.6. The van der Waals surface area contributed by atoms with Gasteiger partial charge >= 0.3 is 0 Å². The first kappa shape index (κ1) is 13.6. The first-order valence-electron chi connectivity index (χ1n) is 6.45. The summed E-state index contributed by atoms with van der Waals surface area (Å²) in [6.45, 7) is 8.50. The largest absolute Gasteiger partial charge is 0.355 e. The van der Waals surface area contributed by atoms with E-state index in [2.05, 4.69) is 56.1 Å². The van der Waals surface area contributed by atoms with Crippen LogP contribution in [0, 0.1) is 0 Å². The van der Waals surface area contributed by atoms with Crippen LogP contribution in [0.3, 0.4) is 0 Å². The molecule has 1 aromatic rings. The second kappa shape index (κ2) is 6.95. The van der Waals surface area contributed by atoms with E-state index in [1.807, 2.05) is 13.0 Å². The van der Waals surface area contributed by atoms with Crippen molar-refractivity contribution in [1.82, 2.24) is 4.98 Å². The van der Waals surface area contributed by atoms with Gasteiger partial charge in [0.05, 0.1) is 0 Å². The molecule has 1 nitrogen and oxygen atoms in total. The minimum absolute atomic E-state index is 1.06. The molecule has 0 aliphatic rings. The van der Waals surface area contributed by atoms with Gasteiger partial charge in [0.2, 0.25) is 0 Å². The Kier molecular flexibility index (Phi) is 5.55. The third-order valence-electron chi connectivity index (χ3n) is 2.83. The molecule has 1 heteroatoms. The van der Waals surface area contributed by atoms with E-state index in [0.29, 0.717) is 0 Å². The molecule has 0 aromatic carbocycles. The molecule has 17 heavy (non-hydrogen) atoms. The molecule has 1 rings (SSSR count). The van der Waals surface area contributed by atoms with Crippen LogP contribution in [0.1, 0.15) is 45.4 Å². The molecule has 0 bridgehead atoms. The van der Waals surface area contributed by atoms with E-state index in [9.17, 15) is 0 Å². The van der Waals surface area contributed by atoms with Crippen LogP contribution >= 0.6 is 0 Å². The Bertz CT molecular complexity index is 512. The number of aromatic amines is 1. The lowest BCUT2D eigenvalue weighted by Gasteiger charge is -1.94. The molecule has 1 heterocycles. The molecule has 0 saturated heterocycles. The summed E-state index contributed by atoms with van der Waals surface area (Å²) in [5.74, 6) is 0. The van der Waals surface area contributed by atoms with E-state index in [4.69, 9.17) is 0 Å². The fraction of sp³-hybridized carbons (Fsp3) is 0.375. The van der Waals surface area contributed by atoms with Gasteiger partial charge in [-0.2, -0.15) is 0 Å². The maximum Gasteiger partial charge on any atom is 0.0458 e. The number of hydrogen-bond donors (Lipinski definition) is 1. The molecular formula is C16H23N. The van der Waals surface area contributed by atoms with E-state index in [1.54, 1.807) is 0 Å². The number of aromatic nitrogens is 1. The van der Waals surface area contributed by atoms with Crippen LogP contribution in [-0.2, 0) is 6.42 Å². The van der Waals surface area contributed by atoms with Crippen molar-refractivity contribution >= 4 is 18.2 Å². The summed E-state index contributed by atoms with van der Waals surface area (Å²) in [4.78, 5) is 3.50. The lowest BCUT2D eigenvalue weighted by Crippen LogP contribution is -2.24. The van der Waals surface area contributed by atoms with Crippen molar-refractivity contribution in [3.63, 3.8) is 0 Å². The van der Waals surface area contributed by atoms with Gasteiger partial charge in [-0.25, -0.2) is 0 Å². The Morgan fingerprint density at radius 2 is 1.94 bits per heavy atom. The van der Waals surface area contributed by atoms with Gasteiger partial charge in [-0.15, -0.1) is 0 Å². The van der Waals surface area contributed by atoms with Crippen LogP contribution < -0.4 is 10.6 Å². The van der Waals surface area contributed by atoms with E-state index in [0.717, 1.165) is 12.8 Å². The first-order chi connectivity index (χ1) is 8.28. The Balaban J connectivity index is 3.45. The summed E-state index contributed by atoms with van der Waals surface area (Å²) in [5, 5.41) is 2.54. The summed E-state index contributed by atoms with van der Waals surface area (Å²) in [6.07, 6.45) is 15.0. The molecule has 0 atom stereocenters. The van der Waals surface area contributed by atoms with Crippen LogP contribution in [-0.4, -0.2) is 4.98 Å². The fourth-order valence-electron chi connectivity index (χ4n) is 2.01. The predicted molar refractivity (Wildman–Crippen MR) is 78.2 cm³/mol. The number of nitrogens with one attached hydrogen (secondary N) is 1. The zero-order chi connectivity index (χ0) is 12.7. The van der Waals surface area contributed by atoms with Gasteiger partial charge in [0.15, 0.2) is 0 Å². The summed E-state index contributed by atoms with van der Waals surface area (Å²) in [7, 11) is 0. The number of allylic oxidation sites excluding steroid dienone is 3. The molecule has 0 aliphatic carbocycles. The highest BCUT2D eigenvalue weighted by atomic mass is 14.7. The molecule has 0 unspecified atom stereocenters. The third-order valence-corrected chi connectivity index (χ3v) is 2.83. The lowest BCUT2D eigenvalue weighted by atomic mass is 10.1. The minimum Gasteiger partial charge on any atom is -0.355 e. The van der Waals surface area contributed by atoms with Gasteiger partial charge in [0.1, 0.15) is 0 Å². The lowest BCUT2D eigenvalue weighted by molar-refractivity contribution is 1.12. The molecule has 0 amide bonds. The summed E-state index contributed by atoms with van der Waals surface area (Å²) < 4.78 is 0. The topological polar surface area (TPSA) is 15.8 Å². The summed E-state index contributed by atoms with van der Waals surface area (Å²) in [5.41, 5.74) is 2.66. The highest BCUT2D eigenvalue weighted by molar-refractivity contribution is 5.53. The molecule has 0 saturated carbocycles. The van der Waals surface area contributed by atoms with Gasteiger partial charge in [0.25, 0.3) is 0 Å². The minimum atomic E-state index is 1.06. The van der Waals surface area contributed by atoms with Gasteiger partial charge in [-0.3, -0.25) is 0 Å². The number of rotatable bonds is 4. The van der Waals surface area contributed by atoms with Crippen LogP contribution in [0.5, 0.6) is 0 Å². The Morgan fingerprint density at radius 1 is 1.18 bits per heavy atom. The fourth-order valence-corrected chi connectivity index (χ4v) is 2.01. The third kappa shape index (κ3) is 3.23. The van der Waals surface area contributed by atoms with E-state index in [-0.39, 0.29) is 0 Å². The maximum atomic E-state index is 3.50. The molecule has 0 radical (unpaired) electrons. The smallest absolute Gasteiger partial charge is 0.0458 e. The quantitative estimate of drug-likeness (QED) is 0.816.